The van der Waals surface area contributed by atoms with Gasteiger partial charge in [0.15, 0.2) is 0 Å². The van der Waals surface area contributed by atoms with Gasteiger partial charge in [0.05, 0.1) is 19.5 Å². The molecule has 4 rings (SSSR count). The molecule has 194 valence electrons. The molecule has 4 aromatic rings. The van der Waals surface area contributed by atoms with Crippen LogP contribution in [-0.2, 0) is 4.79 Å². The van der Waals surface area contributed by atoms with E-state index in [1.165, 1.54) is 26.0 Å². The highest BCUT2D eigenvalue weighted by atomic mass is 32.2. The van der Waals surface area contributed by atoms with Gasteiger partial charge in [0.1, 0.15) is 17.1 Å². The van der Waals surface area contributed by atoms with Crippen molar-refractivity contribution in [3.8, 4) is 11.5 Å². The van der Waals surface area contributed by atoms with E-state index in [0.29, 0.717) is 29.2 Å². The van der Waals surface area contributed by atoms with Crippen molar-refractivity contribution in [2.45, 2.75) is 23.5 Å². The number of hydrogen-bond donors (Lipinski definition) is 1. The molecule has 1 atom stereocenters. The Morgan fingerprint density at radius 3 is 1.76 bits per heavy atom. The molecule has 0 radical (unpaired) electrons. The molecule has 0 aromatic heterocycles. The van der Waals surface area contributed by atoms with Crippen LogP contribution in [0.5, 0.6) is 11.5 Å². The molecule has 0 bridgehead atoms. The SMILES string of the molecule is CCC(Sc1ccc(NC(=O)c2c(OC)cccc2OC)cc1)C(=O)N(c1ccccc1)c1ccccc1. The second-order valence-electron chi connectivity index (χ2n) is 8.38. The summed E-state index contributed by atoms with van der Waals surface area (Å²) in [6.45, 7) is 2.01. The lowest BCUT2D eigenvalue weighted by molar-refractivity contribution is -0.117. The average molecular weight is 527 g/mol. The Balaban J connectivity index is 1.51. The minimum atomic E-state index is -0.331. The van der Waals surface area contributed by atoms with E-state index in [0.717, 1.165) is 16.3 Å². The number of nitrogens with one attached hydrogen (secondary N) is 1. The fraction of sp³-hybridized carbons (Fsp3) is 0.161. The zero-order chi connectivity index (χ0) is 26.9. The van der Waals surface area contributed by atoms with Crippen LogP contribution in [0.1, 0.15) is 23.7 Å². The first-order chi connectivity index (χ1) is 18.5. The number of carbonyl (C=O) groups is 2. The zero-order valence-electron chi connectivity index (χ0n) is 21.6. The predicted molar refractivity (Wildman–Crippen MR) is 154 cm³/mol. The lowest BCUT2D eigenvalue weighted by atomic mass is 10.1. The molecular formula is C31H30N2O4S. The van der Waals surface area contributed by atoms with Crippen LogP contribution in [0.25, 0.3) is 0 Å². The number of methoxy groups -OCH3 is 2. The third-order valence-corrected chi connectivity index (χ3v) is 7.30. The number of anilines is 3. The summed E-state index contributed by atoms with van der Waals surface area (Å²) < 4.78 is 10.7. The molecule has 38 heavy (non-hydrogen) atoms. The number of benzene rings is 4. The molecule has 0 fully saturated rings. The van der Waals surface area contributed by atoms with Crippen molar-refractivity contribution in [1.82, 2.24) is 0 Å². The van der Waals surface area contributed by atoms with Gasteiger partial charge in [-0.1, -0.05) is 49.4 Å². The van der Waals surface area contributed by atoms with Crippen LogP contribution in [-0.4, -0.2) is 31.3 Å². The Bertz CT molecular complexity index is 1300. The van der Waals surface area contributed by atoms with Crippen LogP contribution >= 0.6 is 11.8 Å². The van der Waals surface area contributed by atoms with E-state index < -0.39 is 0 Å². The number of ether oxygens (including phenoxy) is 2. The van der Waals surface area contributed by atoms with E-state index >= 15 is 0 Å². The summed E-state index contributed by atoms with van der Waals surface area (Å²) in [6.07, 6.45) is 0.658. The molecule has 0 aliphatic rings. The fourth-order valence-electron chi connectivity index (χ4n) is 4.06. The lowest BCUT2D eigenvalue weighted by Crippen LogP contribution is -2.34. The van der Waals surface area contributed by atoms with Crippen LogP contribution in [0.15, 0.2) is 108 Å². The molecule has 2 amide bonds. The quantitative estimate of drug-likeness (QED) is 0.222. The van der Waals surface area contributed by atoms with Crippen LogP contribution in [0.2, 0.25) is 0 Å². The molecule has 7 heteroatoms. The van der Waals surface area contributed by atoms with E-state index in [1.54, 1.807) is 23.1 Å². The average Bonchev–Trinajstić information content (AvgIpc) is 2.97. The second kappa shape index (κ2) is 12.8. The van der Waals surface area contributed by atoms with E-state index in [9.17, 15) is 9.59 Å². The van der Waals surface area contributed by atoms with Crippen molar-refractivity contribution in [2.75, 3.05) is 24.4 Å². The van der Waals surface area contributed by atoms with Crippen LogP contribution in [0.3, 0.4) is 0 Å². The van der Waals surface area contributed by atoms with Crippen molar-refractivity contribution in [2.24, 2.45) is 0 Å². The highest BCUT2D eigenvalue weighted by molar-refractivity contribution is 8.00. The van der Waals surface area contributed by atoms with Gasteiger partial charge in [-0.05, 0) is 67.1 Å². The Morgan fingerprint density at radius 1 is 0.763 bits per heavy atom. The van der Waals surface area contributed by atoms with Gasteiger partial charge < -0.3 is 14.8 Å². The Hall–Kier alpha value is -4.23. The monoisotopic (exact) mass is 526 g/mol. The summed E-state index contributed by atoms with van der Waals surface area (Å²) in [5.74, 6) is 0.539. The molecule has 0 heterocycles. The highest BCUT2D eigenvalue weighted by Crippen LogP contribution is 2.34. The Kier molecular flexibility index (Phi) is 9.06. The maximum atomic E-state index is 13.8. The second-order valence-corrected chi connectivity index (χ2v) is 9.65. The topological polar surface area (TPSA) is 67.9 Å². The molecule has 0 aliphatic heterocycles. The number of nitrogens with zero attached hydrogens (tertiary/aromatic N) is 1. The summed E-state index contributed by atoms with van der Waals surface area (Å²) in [7, 11) is 3.03. The number of rotatable bonds is 10. The molecular weight excluding hydrogens is 496 g/mol. The number of para-hydroxylation sites is 2. The summed E-state index contributed by atoms with van der Waals surface area (Å²) in [4.78, 5) is 29.5. The minimum absolute atomic E-state index is 0.00977. The number of carbonyl (C=O) groups excluding carboxylic acids is 2. The first-order valence-corrected chi connectivity index (χ1v) is 13.2. The molecule has 1 unspecified atom stereocenters. The van der Waals surface area contributed by atoms with E-state index in [-0.39, 0.29) is 17.1 Å². The van der Waals surface area contributed by atoms with Crippen molar-refractivity contribution in [1.29, 1.82) is 0 Å². The lowest BCUT2D eigenvalue weighted by Gasteiger charge is -2.27. The minimum Gasteiger partial charge on any atom is -0.496 e. The Morgan fingerprint density at radius 2 is 1.29 bits per heavy atom. The van der Waals surface area contributed by atoms with Gasteiger partial charge in [0.2, 0.25) is 5.91 Å². The molecule has 1 N–H and O–H groups in total. The van der Waals surface area contributed by atoms with Gasteiger partial charge in [0, 0.05) is 22.0 Å². The molecule has 0 saturated carbocycles. The fourth-order valence-corrected chi connectivity index (χ4v) is 5.05. The molecule has 0 aliphatic carbocycles. The Labute approximate surface area is 227 Å². The van der Waals surface area contributed by atoms with Gasteiger partial charge in [-0.25, -0.2) is 0 Å². The summed E-state index contributed by atoms with van der Waals surface area (Å²) >= 11 is 1.51. The van der Waals surface area contributed by atoms with Crippen LogP contribution in [0, 0.1) is 0 Å². The normalized spacial score (nSPS) is 11.3. The third-order valence-electron chi connectivity index (χ3n) is 5.94. The van der Waals surface area contributed by atoms with Crippen LogP contribution < -0.4 is 19.7 Å². The highest BCUT2D eigenvalue weighted by Gasteiger charge is 2.26. The molecule has 4 aromatic carbocycles. The van der Waals surface area contributed by atoms with Gasteiger partial charge in [-0.2, -0.15) is 0 Å². The van der Waals surface area contributed by atoms with Crippen molar-refractivity contribution in [3.05, 3.63) is 109 Å². The largest absolute Gasteiger partial charge is 0.496 e. The maximum Gasteiger partial charge on any atom is 0.263 e. The van der Waals surface area contributed by atoms with Crippen molar-refractivity contribution < 1.29 is 19.1 Å². The smallest absolute Gasteiger partial charge is 0.263 e. The predicted octanol–water partition coefficient (Wildman–Crippen LogP) is 7.19. The number of amides is 2. The van der Waals surface area contributed by atoms with Gasteiger partial charge >= 0.3 is 0 Å². The number of hydrogen-bond acceptors (Lipinski definition) is 5. The zero-order valence-corrected chi connectivity index (χ0v) is 22.4. The van der Waals surface area contributed by atoms with E-state index in [1.807, 2.05) is 91.9 Å². The summed E-state index contributed by atoms with van der Waals surface area (Å²) in [5, 5.41) is 2.61. The molecule has 6 nitrogen and oxygen atoms in total. The van der Waals surface area contributed by atoms with Crippen molar-refractivity contribution in [3.63, 3.8) is 0 Å². The van der Waals surface area contributed by atoms with Crippen molar-refractivity contribution >= 4 is 40.6 Å². The first-order valence-electron chi connectivity index (χ1n) is 12.3. The van der Waals surface area contributed by atoms with E-state index in [2.05, 4.69) is 5.32 Å². The maximum absolute atomic E-state index is 13.8. The first kappa shape index (κ1) is 26.8. The van der Waals surface area contributed by atoms with Gasteiger partial charge in [0.25, 0.3) is 5.91 Å². The van der Waals surface area contributed by atoms with Crippen LogP contribution in [0.4, 0.5) is 17.1 Å². The van der Waals surface area contributed by atoms with E-state index in [4.69, 9.17) is 9.47 Å². The summed E-state index contributed by atoms with van der Waals surface area (Å²) in [5.41, 5.74) is 2.61. The summed E-state index contributed by atoms with van der Waals surface area (Å²) in [6, 6.07) is 32.0. The van der Waals surface area contributed by atoms with Gasteiger partial charge in [-0.3, -0.25) is 14.5 Å². The number of thioether (sulfide) groups is 1. The third kappa shape index (κ3) is 6.18. The standard InChI is InChI=1S/C31H30N2O4S/c1-4-28(31(35)33(23-12-7-5-8-13-23)24-14-9-6-10-15-24)38-25-20-18-22(19-21-25)32-30(34)29-26(36-2)16-11-17-27(29)37-3/h5-21,28H,4H2,1-3H3,(H,32,34). The molecule has 0 saturated heterocycles. The molecule has 0 spiro atoms. The van der Waals surface area contributed by atoms with Gasteiger partial charge in [-0.15, -0.1) is 11.8 Å².